The number of hydrogen-bond acceptors (Lipinski definition) is 5. The first kappa shape index (κ1) is 13.0. The molecule has 0 fully saturated rings. The molecule has 0 saturated carbocycles. The van der Waals surface area contributed by atoms with Crippen LogP contribution in [0.5, 0.6) is 0 Å². The molecule has 0 radical (unpaired) electrons. The van der Waals surface area contributed by atoms with Gasteiger partial charge in [0.1, 0.15) is 0 Å². The summed E-state index contributed by atoms with van der Waals surface area (Å²) in [6.07, 6.45) is 1.70. The molecular formula is C13H11N3O2S2. The SMILES string of the molecule is Cn1ccc(C(=O)OCn2c(=S)sc3ccccc32)n1. The number of rotatable bonds is 3. The second-order valence-corrected chi connectivity index (χ2v) is 5.88. The monoisotopic (exact) mass is 305 g/mol. The molecule has 20 heavy (non-hydrogen) atoms. The summed E-state index contributed by atoms with van der Waals surface area (Å²) < 4.78 is 10.4. The Morgan fingerprint density at radius 3 is 2.95 bits per heavy atom. The number of carbonyl (C=O) groups is 1. The van der Waals surface area contributed by atoms with Crippen LogP contribution in [0.3, 0.4) is 0 Å². The van der Waals surface area contributed by atoms with Crippen molar-refractivity contribution in [3.8, 4) is 0 Å². The van der Waals surface area contributed by atoms with Crippen LogP contribution in [0, 0.1) is 3.95 Å². The zero-order chi connectivity index (χ0) is 14.1. The van der Waals surface area contributed by atoms with E-state index in [-0.39, 0.29) is 6.73 Å². The van der Waals surface area contributed by atoms with Crippen molar-refractivity contribution in [1.29, 1.82) is 0 Å². The quantitative estimate of drug-likeness (QED) is 0.551. The van der Waals surface area contributed by atoms with E-state index < -0.39 is 5.97 Å². The summed E-state index contributed by atoms with van der Waals surface area (Å²) in [7, 11) is 1.75. The summed E-state index contributed by atoms with van der Waals surface area (Å²) in [5.41, 5.74) is 1.26. The standard InChI is InChI=1S/C13H11N3O2S2/c1-15-7-6-9(14-15)12(17)18-8-16-10-4-2-3-5-11(10)20-13(16)19/h2-7H,8H2,1H3. The molecule has 1 aromatic carbocycles. The Morgan fingerprint density at radius 1 is 1.40 bits per heavy atom. The van der Waals surface area contributed by atoms with Crippen molar-refractivity contribution in [2.24, 2.45) is 7.05 Å². The van der Waals surface area contributed by atoms with Crippen LogP contribution in [0.4, 0.5) is 0 Å². The molecule has 0 aliphatic rings. The molecule has 2 heterocycles. The van der Waals surface area contributed by atoms with Crippen LogP contribution in [0.1, 0.15) is 10.5 Å². The van der Waals surface area contributed by atoms with Gasteiger partial charge in [-0.2, -0.15) is 5.10 Å². The van der Waals surface area contributed by atoms with Gasteiger partial charge in [0.2, 0.25) is 0 Å². The Labute approximate surface area is 124 Å². The highest BCUT2D eigenvalue weighted by atomic mass is 32.1. The van der Waals surface area contributed by atoms with Gasteiger partial charge in [-0.3, -0.25) is 9.25 Å². The van der Waals surface area contributed by atoms with E-state index in [1.807, 2.05) is 24.3 Å². The lowest BCUT2D eigenvalue weighted by molar-refractivity contribution is 0.0370. The van der Waals surface area contributed by atoms with Crippen LogP contribution in [0.25, 0.3) is 10.2 Å². The number of para-hydroxylation sites is 1. The molecule has 0 spiro atoms. The highest BCUT2D eigenvalue weighted by Crippen LogP contribution is 2.22. The minimum atomic E-state index is -0.456. The first-order chi connectivity index (χ1) is 9.65. The van der Waals surface area contributed by atoms with E-state index in [0.717, 1.165) is 10.2 Å². The van der Waals surface area contributed by atoms with E-state index in [0.29, 0.717) is 9.65 Å². The Morgan fingerprint density at radius 2 is 2.20 bits per heavy atom. The van der Waals surface area contributed by atoms with Gasteiger partial charge in [0, 0.05) is 13.2 Å². The smallest absolute Gasteiger partial charge is 0.360 e. The lowest BCUT2D eigenvalue weighted by Gasteiger charge is -2.05. The molecule has 0 bridgehead atoms. The second kappa shape index (κ2) is 5.18. The maximum absolute atomic E-state index is 11.9. The molecular weight excluding hydrogens is 294 g/mol. The number of benzene rings is 1. The second-order valence-electron chi connectivity index (χ2n) is 4.20. The topological polar surface area (TPSA) is 49.0 Å². The summed E-state index contributed by atoms with van der Waals surface area (Å²) in [5.74, 6) is -0.456. The zero-order valence-electron chi connectivity index (χ0n) is 10.6. The van der Waals surface area contributed by atoms with E-state index in [4.69, 9.17) is 17.0 Å². The fraction of sp³-hybridized carbons (Fsp3) is 0.154. The molecule has 0 aliphatic heterocycles. The molecule has 7 heteroatoms. The summed E-state index contributed by atoms with van der Waals surface area (Å²) in [6, 6.07) is 9.45. The van der Waals surface area contributed by atoms with E-state index in [2.05, 4.69) is 5.10 Å². The van der Waals surface area contributed by atoms with Crippen molar-refractivity contribution < 1.29 is 9.53 Å². The third-order valence-electron chi connectivity index (χ3n) is 2.82. The minimum Gasteiger partial charge on any atom is -0.439 e. The Balaban J connectivity index is 1.82. The predicted octanol–water partition coefficient (Wildman–Crippen LogP) is 2.98. The van der Waals surface area contributed by atoms with Gasteiger partial charge in [-0.25, -0.2) is 4.79 Å². The maximum Gasteiger partial charge on any atom is 0.360 e. The molecule has 0 saturated heterocycles. The van der Waals surface area contributed by atoms with Crippen LogP contribution >= 0.6 is 23.6 Å². The molecule has 102 valence electrons. The van der Waals surface area contributed by atoms with Crippen molar-refractivity contribution in [2.45, 2.75) is 6.73 Å². The summed E-state index contributed by atoms with van der Waals surface area (Å²) in [5, 5.41) is 4.00. The number of ether oxygens (including phenoxy) is 1. The first-order valence-electron chi connectivity index (χ1n) is 5.90. The average molecular weight is 305 g/mol. The lowest BCUT2D eigenvalue weighted by Crippen LogP contribution is -2.10. The third-order valence-corrected chi connectivity index (χ3v) is 4.25. The number of esters is 1. The van der Waals surface area contributed by atoms with E-state index in [1.54, 1.807) is 28.6 Å². The summed E-state index contributed by atoms with van der Waals surface area (Å²) in [4.78, 5) is 11.9. The first-order valence-corrected chi connectivity index (χ1v) is 7.13. The normalized spacial score (nSPS) is 10.8. The maximum atomic E-state index is 11.9. The van der Waals surface area contributed by atoms with Gasteiger partial charge in [-0.1, -0.05) is 12.1 Å². The number of aryl methyl sites for hydroxylation is 1. The molecule has 0 amide bonds. The number of nitrogens with zero attached hydrogens (tertiary/aromatic N) is 3. The summed E-state index contributed by atoms with van der Waals surface area (Å²) >= 11 is 6.79. The van der Waals surface area contributed by atoms with Gasteiger partial charge in [0.15, 0.2) is 16.4 Å². The molecule has 0 unspecified atom stereocenters. The Kier molecular flexibility index (Phi) is 3.37. The number of aromatic nitrogens is 3. The minimum absolute atomic E-state index is 0.0955. The Hall–Kier alpha value is -1.99. The molecule has 2 aromatic heterocycles. The largest absolute Gasteiger partial charge is 0.439 e. The highest BCUT2D eigenvalue weighted by Gasteiger charge is 2.12. The number of fused-ring (bicyclic) bond motifs is 1. The van der Waals surface area contributed by atoms with Crippen LogP contribution in [-0.4, -0.2) is 20.3 Å². The van der Waals surface area contributed by atoms with Crippen LogP contribution in [0.15, 0.2) is 36.5 Å². The van der Waals surface area contributed by atoms with Gasteiger partial charge in [0.05, 0.1) is 10.2 Å². The van der Waals surface area contributed by atoms with Crippen LogP contribution in [-0.2, 0) is 18.5 Å². The number of thiazole rings is 1. The third kappa shape index (κ3) is 2.37. The van der Waals surface area contributed by atoms with E-state index in [1.165, 1.54) is 11.3 Å². The molecule has 3 rings (SSSR count). The van der Waals surface area contributed by atoms with Crippen molar-refractivity contribution >= 4 is 39.7 Å². The van der Waals surface area contributed by atoms with Crippen molar-refractivity contribution in [2.75, 3.05) is 0 Å². The highest BCUT2D eigenvalue weighted by molar-refractivity contribution is 7.73. The number of hydrogen-bond donors (Lipinski definition) is 0. The molecule has 0 N–H and O–H groups in total. The average Bonchev–Trinajstić information content (AvgIpc) is 2.99. The molecule has 3 aromatic rings. The van der Waals surface area contributed by atoms with Gasteiger partial charge < -0.3 is 4.74 Å². The van der Waals surface area contributed by atoms with Crippen molar-refractivity contribution in [3.05, 3.63) is 46.2 Å². The van der Waals surface area contributed by atoms with Gasteiger partial charge in [-0.05, 0) is 30.4 Å². The summed E-state index contributed by atoms with van der Waals surface area (Å²) in [6.45, 7) is 0.0955. The molecule has 0 aliphatic carbocycles. The predicted molar refractivity (Wildman–Crippen MR) is 79.3 cm³/mol. The van der Waals surface area contributed by atoms with Crippen molar-refractivity contribution in [1.82, 2.24) is 14.3 Å². The zero-order valence-corrected chi connectivity index (χ0v) is 12.3. The van der Waals surface area contributed by atoms with Crippen LogP contribution in [0.2, 0.25) is 0 Å². The van der Waals surface area contributed by atoms with Crippen LogP contribution < -0.4 is 0 Å². The van der Waals surface area contributed by atoms with Crippen molar-refractivity contribution in [3.63, 3.8) is 0 Å². The van der Waals surface area contributed by atoms with Gasteiger partial charge >= 0.3 is 5.97 Å². The molecule has 5 nitrogen and oxygen atoms in total. The van der Waals surface area contributed by atoms with E-state index >= 15 is 0 Å². The fourth-order valence-electron chi connectivity index (χ4n) is 1.86. The van der Waals surface area contributed by atoms with Gasteiger partial charge in [-0.15, -0.1) is 11.3 Å². The molecule has 0 atom stereocenters. The van der Waals surface area contributed by atoms with Gasteiger partial charge in [0.25, 0.3) is 0 Å². The Bertz CT molecular complexity index is 831. The number of carbonyl (C=O) groups excluding carboxylic acids is 1. The fourth-order valence-corrected chi connectivity index (χ4v) is 3.16. The lowest BCUT2D eigenvalue weighted by atomic mass is 10.3. The van der Waals surface area contributed by atoms with E-state index in [9.17, 15) is 4.79 Å².